The fourth-order valence-electron chi connectivity index (χ4n) is 3.53. The van der Waals surface area contributed by atoms with E-state index >= 15 is 0 Å². The quantitative estimate of drug-likeness (QED) is 0.679. The second-order valence-corrected chi connectivity index (χ2v) is 7.38. The predicted octanol–water partition coefficient (Wildman–Crippen LogP) is 2.89. The van der Waals surface area contributed by atoms with E-state index in [4.69, 9.17) is 0 Å². The van der Waals surface area contributed by atoms with Gasteiger partial charge in [-0.1, -0.05) is 43.3 Å². The van der Waals surface area contributed by atoms with E-state index in [-0.39, 0.29) is 5.41 Å². The molecule has 3 rings (SSSR count). The largest absolute Gasteiger partial charge is 0.363 e. The highest BCUT2D eigenvalue weighted by Gasteiger charge is 2.36. The highest BCUT2D eigenvalue weighted by molar-refractivity contribution is 5.80. The molecule has 5 heteroatoms. The summed E-state index contributed by atoms with van der Waals surface area (Å²) in [5.74, 6) is 1.92. The number of hydrogen-bond donors (Lipinski definition) is 1. The van der Waals surface area contributed by atoms with Gasteiger partial charge in [0.1, 0.15) is 5.82 Å². The third-order valence-electron chi connectivity index (χ3n) is 5.13. The number of likely N-dealkylation sites (tertiary alicyclic amines) is 1. The van der Waals surface area contributed by atoms with Gasteiger partial charge in [-0.15, -0.1) is 0 Å². The average Bonchev–Trinajstić information content (AvgIpc) is 3.07. The standard InChI is InChI=1S/C21H29N5/c1-21(17-9-6-5-7-10-17)13-14-26(16-21)20(22-2)23-15-18-11-8-12-19(24-18)25(3)4/h5-12H,13-16H2,1-4H3,(H,22,23). The molecule has 0 radical (unpaired) electrons. The topological polar surface area (TPSA) is 43.8 Å². The number of anilines is 1. The van der Waals surface area contributed by atoms with Crippen molar-refractivity contribution in [3.05, 3.63) is 59.8 Å². The van der Waals surface area contributed by atoms with Crippen LogP contribution in [-0.2, 0) is 12.0 Å². The summed E-state index contributed by atoms with van der Waals surface area (Å²) >= 11 is 0. The summed E-state index contributed by atoms with van der Waals surface area (Å²) in [6.45, 7) is 5.00. The van der Waals surface area contributed by atoms with E-state index in [0.29, 0.717) is 6.54 Å². The number of nitrogens with one attached hydrogen (secondary N) is 1. The van der Waals surface area contributed by atoms with Crippen LogP contribution >= 0.6 is 0 Å². The van der Waals surface area contributed by atoms with Gasteiger partial charge in [0.2, 0.25) is 0 Å². The Morgan fingerprint density at radius 2 is 1.96 bits per heavy atom. The van der Waals surface area contributed by atoms with Crippen molar-refractivity contribution in [1.29, 1.82) is 0 Å². The number of rotatable bonds is 4. The van der Waals surface area contributed by atoms with Crippen molar-refractivity contribution in [2.24, 2.45) is 4.99 Å². The minimum atomic E-state index is 0.169. The Kier molecular flexibility index (Phi) is 5.45. The van der Waals surface area contributed by atoms with Crippen LogP contribution in [0.4, 0.5) is 5.82 Å². The van der Waals surface area contributed by atoms with E-state index in [1.165, 1.54) is 5.56 Å². The summed E-state index contributed by atoms with van der Waals surface area (Å²) in [6.07, 6.45) is 1.13. The van der Waals surface area contributed by atoms with Crippen molar-refractivity contribution in [2.45, 2.75) is 25.3 Å². The summed E-state index contributed by atoms with van der Waals surface area (Å²) in [5, 5.41) is 3.48. The molecule has 1 aliphatic heterocycles. The number of guanidine groups is 1. The highest BCUT2D eigenvalue weighted by Crippen LogP contribution is 2.33. The first kappa shape index (κ1) is 18.2. The number of aliphatic imine (C=N–C) groups is 1. The lowest BCUT2D eigenvalue weighted by atomic mass is 9.82. The molecule has 2 heterocycles. The number of aromatic nitrogens is 1. The average molecular weight is 351 g/mol. The first-order chi connectivity index (χ1) is 12.5. The zero-order valence-corrected chi connectivity index (χ0v) is 16.2. The minimum absolute atomic E-state index is 0.169. The molecule has 0 bridgehead atoms. The van der Waals surface area contributed by atoms with Gasteiger partial charge in [0.25, 0.3) is 0 Å². The molecule has 1 fully saturated rings. The van der Waals surface area contributed by atoms with Crippen molar-refractivity contribution in [3.8, 4) is 0 Å². The van der Waals surface area contributed by atoms with Crippen LogP contribution in [0.5, 0.6) is 0 Å². The summed E-state index contributed by atoms with van der Waals surface area (Å²) < 4.78 is 0. The minimum Gasteiger partial charge on any atom is -0.363 e. The molecule has 26 heavy (non-hydrogen) atoms. The molecule has 1 N–H and O–H groups in total. The number of pyridine rings is 1. The molecule has 0 spiro atoms. The van der Waals surface area contributed by atoms with Crippen molar-refractivity contribution < 1.29 is 0 Å². The maximum absolute atomic E-state index is 4.67. The van der Waals surface area contributed by atoms with Crippen LogP contribution in [0, 0.1) is 0 Å². The highest BCUT2D eigenvalue weighted by atomic mass is 15.3. The summed E-state index contributed by atoms with van der Waals surface area (Å²) in [7, 11) is 5.87. The van der Waals surface area contributed by atoms with E-state index in [0.717, 1.165) is 37.0 Å². The van der Waals surface area contributed by atoms with Gasteiger partial charge >= 0.3 is 0 Å². The molecule has 5 nitrogen and oxygen atoms in total. The number of nitrogens with zero attached hydrogens (tertiary/aromatic N) is 4. The van der Waals surface area contributed by atoms with E-state index < -0.39 is 0 Å². The van der Waals surface area contributed by atoms with Crippen LogP contribution in [0.1, 0.15) is 24.6 Å². The molecule has 1 aliphatic rings. The maximum Gasteiger partial charge on any atom is 0.193 e. The number of benzene rings is 1. The lowest BCUT2D eigenvalue weighted by Crippen LogP contribution is -2.41. The van der Waals surface area contributed by atoms with Crippen LogP contribution in [0.15, 0.2) is 53.5 Å². The van der Waals surface area contributed by atoms with Gasteiger partial charge in [-0.3, -0.25) is 4.99 Å². The Morgan fingerprint density at radius 3 is 2.65 bits per heavy atom. The molecule has 1 aromatic heterocycles. The number of hydrogen-bond acceptors (Lipinski definition) is 3. The lowest BCUT2D eigenvalue weighted by molar-refractivity contribution is 0.438. The Balaban J connectivity index is 1.64. The summed E-state index contributed by atoms with van der Waals surface area (Å²) in [4.78, 5) is 13.5. The van der Waals surface area contributed by atoms with Crippen molar-refractivity contribution in [3.63, 3.8) is 0 Å². The molecular weight excluding hydrogens is 322 g/mol. The zero-order valence-electron chi connectivity index (χ0n) is 16.2. The third-order valence-corrected chi connectivity index (χ3v) is 5.13. The first-order valence-corrected chi connectivity index (χ1v) is 9.16. The van der Waals surface area contributed by atoms with Crippen LogP contribution in [-0.4, -0.2) is 50.1 Å². The van der Waals surface area contributed by atoms with Crippen LogP contribution in [0.2, 0.25) is 0 Å². The Hall–Kier alpha value is -2.56. The Labute approximate surface area is 156 Å². The van der Waals surface area contributed by atoms with Gasteiger partial charge in [-0.2, -0.15) is 0 Å². The molecule has 1 atom stereocenters. The second kappa shape index (κ2) is 7.77. The van der Waals surface area contributed by atoms with Gasteiger partial charge in [0.15, 0.2) is 5.96 Å². The van der Waals surface area contributed by atoms with Gasteiger partial charge in [0.05, 0.1) is 12.2 Å². The molecule has 1 unspecified atom stereocenters. The van der Waals surface area contributed by atoms with E-state index in [1.807, 2.05) is 44.2 Å². The molecule has 2 aromatic rings. The van der Waals surface area contributed by atoms with Crippen LogP contribution in [0.3, 0.4) is 0 Å². The second-order valence-electron chi connectivity index (χ2n) is 7.38. The molecule has 0 amide bonds. The van der Waals surface area contributed by atoms with Gasteiger partial charge in [0, 0.05) is 39.6 Å². The fraction of sp³-hybridized carbons (Fsp3) is 0.429. The Morgan fingerprint density at radius 1 is 1.19 bits per heavy atom. The SMILES string of the molecule is CN=C(NCc1cccc(N(C)C)n1)N1CCC(C)(c2ccccc2)C1. The normalized spacial score (nSPS) is 20.3. The fourth-order valence-corrected chi connectivity index (χ4v) is 3.53. The van der Waals surface area contributed by atoms with Crippen LogP contribution < -0.4 is 10.2 Å². The van der Waals surface area contributed by atoms with E-state index in [9.17, 15) is 0 Å². The molecule has 138 valence electrons. The third kappa shape index (κ3) is 3.98. The van der Waals surface area contributed by atoms with Gasteiger partial charge in [-0.25, -0.2) is 4.98 Å². The predicted molar refractivity (Wildman–Crippen MR) is 109 cm³/mol. The van der Waals surface area contributed by atoms with Gasteiger partial charge in [-0.05, 0) is 24.1 Å². The van der Waals surface area contributed by atoms with Crippen molar-refractivity contribution >= 4 is 11.8 Å². The summed E-state index contributed by atoms with van der Waals surface area (Å²) in [6, 6.07) is 16.9. The summed E-state index contributed by atoms with van der Waals surface area (Å²) in [5.41, 5.74) is 2.59. The van der Waals surface area contributed by atoms with E-state index in [1.54, 1.807) is 0 Å². The smallest absolute Gasteiger partial charge is 0.193 e. The molecule has 0 saturated carbocycles. The Bertz CT molecular complexity index is 756. The zero-order chi connectivity index (χ0) is 18.6. The van der Waals surface area contributed by atoms with Crippen LogP contribution in [0.25, 0.3) is 0 Å². The molecule has 1 saturated heterocycles. The lowest BCUT2D eigenvalue weighted by Gasteiger charge is -2.27. The monoisotopic (exact) mass is 351 g/mol. The van der Waals surface area contributed by atoms with E-state index in [2.05, 4.69) is 57.4 Å². The van der Waals surface area contributed by atoms with Crippen molar-refractivity contribution in [1.82, 2.24) is 15.2 Å². The molecule has 0 aliphatic carbocycles. The molecule has 1 aromatic carbocycles. The first-order valence-electron chi connectivity index (χ1n) is 9.16. The van der Waals surface area contributed by atoms with Crippen molar-refractivity contribution in [2.75, 3.05) is 39.1 Å². The molecular formula is C21H29N5. The maximum atomic E-state index is 4.67. The van der Waals surface area contributed by atoms with Gasteiger partial charge < -0.3 is 15.1 Å².